The van der Waals surface area contributed by atoms with Gasteiger partial charge in [-0.15, -0.1) is 0 Å². The van der Waals surface area contributed by atoms with Gasteiger partial charge in [-0.2, -0.15) is 0 Å². The van der Waals surface area contributed by atoms with Crippen molar-refractivity contribution >= 4 is 5.91 Å². The van der Waals surface area contributed by atoms with Crippen molar-refractivity contribution < 1.29 is 15.0 Å². The molecule has 3 aromatic rings. The third-order valence-electron chi connectivity index (χ3n) is 6.89. The van der Waals surface area contributed by atoms with Gasteiger partial charge >= 0.3 is 0 Å². The van der Waals surface area contributed by atoms with Crippen LogP contribution in [0.1, 0.15) is 54.1 Å². The number of fused-ring (bicyclic) bond motifs is 3. The minimum atomic E-state index is -1.15. The Bertz CT molecular complexity index is 1070. The lowest BCUT2D eigenvalue weighted by Gasteiger charge is -2.40. The quantitative estimate of drug-likeness (QED) is 0.594. The van der Waals surface area contributed by atoms with Gasteiger partial charge in [-0.1, -0.05) is 42.5 Å². The average Bonchev–Trinajstić information content (AvgIpc) is 3.39. The van der Waals surface area contributed by atoms with Crippen LogP contribution in [0.4, 0.5) is 0 Å². The summed E-state index contributed by atoms with van der Waals surface area (Å²) in [5, 5.41) is 25.3. The number of carbonyl (C=O) groups is 1. The van der Waals surface area contributed by atoms with Crippen molar-refractivity contribution in [3.63, 3.8) is 0 Å². The lowest BCUT2D eigenvalue weighted by Crippen LogP contribution is -2.50. The van der Waals surface area contributed by atoms with Crippen LogP contribution in [0.3, 0.4) is 0 Å². The molecule has 2 aromatic carbocycles. The van der Waals surface area contributed by atoms with Gasteiger partial charge in [0.15, 0.2) is 0 Å². The summed E-state index contributed by atoms with van der Waals surface area (Å²) in [6, 6.07) is 17.3. The van der Waals surface area contributed by atoms with Gasteiger partial charge in [-0.3, -0.25) is 4.79 Å². The Morgan fingerprint density at radius 2 is 1.84 bits per heavy atom. The van der Waals surface area contributed by atoms with Crippen LogP contribution < -0.4 is 5.32 Å². The Hall–Kier alpha value is -2.96. The van der Waals surface area contributed by atoms with E-state index >= 15 is 0 Å². The molecular weight excluding hydrogens is 390 g/mol. The van der Waals surface area contributed by atoms with Gasteiger partial charge in [0, 0.05) is 23.6 Å². The average molecular weight is 418 g/mol. The molecule has 2 unspecified atom stereocenters. The molecule has 160 valence electrons. The van der Waals surface area contributed by atoms with Gasteiger partial charge in [0.1, 0.15) is 0 Å². The van der Waals surface area contributed by atoms with Crippen molar-refractivity contribution in [1.29, 1.82) is 0 Å². The van der Waals surface area contributed by atoms with E-state index in [0.717, 1.165) is 16.8 Å². The second kappa shape index (κ2) is 7.94. The molecule has 6 nitrogen and oxygen atoms in total. The first kappa shape index (κ1) is 20.0. The molecule has 6 heteroatoms. The molecule has 1 aliphatic carbocycles. The van der Waals surface area contributed by atoms with Crippen LogP contribution >= 0.6 is 0 Å². The highest BCUT2D eigenvalue weighted by molar-refractivity contribution is 5.94. The van der Waals surface area contributed by atoms with Gasteiger partial charge in [-0.05, 0) is 43.4 Å². The lowest BCUT2D eigenvalue weighted by molar-refractivity contribution is -0.105. The van der Waals surface area contributed by atoms with Crippen LogP contribution in [0.2, 0.25) is 0 Å². The monoisotopic (exact) mass is 417 g/mol. The number of imidazole rings is 1. The van der Waals surface area contributed by atoms with Crippen LogP contribution in [0, 0.1) is 0 Å². The highest BCUT2D eigenvalue weighted by Crippen LogP contribution is 2.43. The van der Waals surface area contributed by atoms with Crippen molar-refractivity contribution in [2.75, 3.05) is 0 Å². The number of aliphatic hydroxyl groups excluding tert-OH is 1. The summed E-state index contributed by atoms with van der Waals surface area (Å²) in [7, 11) is 0. The van der Waals surface area contributed by atoms with E-state index in [1.807, 2.05) is 36.5 Å². The van der Waals surface area contributed by atoms with E-state index in [1.165, 1.54) is 0 Å². The second-order valence-electron chi connectivity index (χ2n) is 8.76. The van der Waals surface area contributed by atoms with E-state index < -0.39 is 11.7 Å². The number of aromatic nitrogens is 2. The van der Waals surface area contributed by atoms with Gasteiger partial charge in [0.05, 0.1) is 36.0 Å². The van der Waals surface area contributed by atoms with E-state index in [1.54, 1.807) is 18.5 Å². The molecule has 0 radical (unpaired) electrons. The van der Waals surface area contributed by atoms with Crippen molar-refractivity contribution in [3.8, 4) is 11.3 Å². The molecule has 1 saturated carbocycles. The maximum absolute atomic E-state index is 12.4. The number of rotatable bonds is 5. The van der Waals surface area contributed by atoms with E-state index in [4.69, 9.17) is 0 Å². The van der Waals surface area contributed by atoms with Crippen molar-refractivity contribution in [3.05, 3.63) is 78.2 Å². The first-order chi connectivity index (χ1) is 15.0. The molecule has 0 bridgehead atoms. The van der Waals surface area contributed by atoms with Crippen LogP contribution in [0.25, 0.3) is 11.3 Å². The zero-order chi connectivity index (χ0) is 21.4. The summed E-state index contributed by atoms with van der Waals surface area (Å²) < 4.78 is 2.09. The Labute approximate surface area is 181 Å². The molecule has 5 rings (SSSR count). The first-order valence-electron chi connectivity index (χ1n) is 10.9. The zero-order valence-corrected chi connectivity index (χ0v) is 17.3. The summed E-state index contributed by atoms with van der Waals surface area (Å²) >= 11 is 0. The lowest BCUT2D eigenvalue weighted by atomic mass is 9.76. The Morgan fingerprint density at radius 3 is 2.61 bits per heavy atom. The number of hydrogen-bond donors (Lipinski definition) is 3. The van der Waals surface area contributed by atoms with Crippen LogP contribution in [0.15, 0.2) is 67.1 Å². The van der Waals surface area contributed by atoms with Gasteiger partial charge in [-0.25, -0.2) is 4.98 Å². The number of aliphatic hydroxyl groups is 2. The van der Waals surface area contributed by atoms with Gasteiger partial charge in [0.2, 0.25) is 0 Å². The molecule has 0 saturated heterocycles. The normalized spacial score (nSPS) is 25.5. The van der Waals surface area contributed by atoms with Crippen molar-refractivity contribution in [2.45, 2.75) is 55.9 Å². The SMILES string of the molecule is O=C(NC1CCC(O)(C(O)CC2c3ccccc3-c3cncn32)CC1)c1ccccc1. The number of benzene rings is 2. The summed E-state index contributed by atoms with van der Waals surface area (Å²) in [6.07, 6.45) is 5.42. The largest absolute Gasteiger partial charge is 0.390 e. The summed E-state index contributed by atoms with van der Waals surface area (Å²) in [5.41, 5.74) is 2.83. The standard InChI is InChI=1S/C25H27N3O3/c29-23(14-21-19-8-4-5-9-20(19)22-15-26-16-28(21)22)25(31)12-10-18(11-13-25)27-24(30)17-6-2-1-3-7-17/h1-9,15-16,18,21,23,29,31H,10-14H2,(H,27,30). The molecule has 1 aromatic heterocycles. The number of nitrogens with one attached hydrogen (secondary N) is 1. The number of amides is 1. The number of nitrogens with zero attached hydrogens (tertiary/aromatic N) is 2. The predicted octanol–water partition coefficient (Wildman–Crippen LogP) is 3.31. The molecule has 2 atom stereocenters. The predicted molar refractivity (Wildman–Crippen MR) is 118 cm³/mol. The molecule has 3 N–H and O–H groups in total. The van der Waals surface area contributed by atoms with Gasteiger partial charge in [0.25, 0.3) is 5.91 Å². The van der Waals surface area contributed by atoms with Crippen LogP contribution in [0.5, 0.6) is 0 Å². The summed E-state index contributed by atoms with van der Waals surface area (Å²) in [6.45, 7) is 0. The Kier molecular flexibility index (Phi) is 5.12. The topological polar surface area (TPSA) is 87.4 Å². The van der Waals surface area contributed by atoms with Crippen LogP contribution in [-0.2, 0) is 0 Å². The van der Waals surface area contributed by atoms with E-state index in [9.17, 15) is 15.0 Å². The van der Waals surface area contributed by atoms with Crippen molar-refractivity contribution in [2.24, 2.45) is 0 Å². The highest BCUT2D eigenvalue weighted by Gasteiger charge is 2.42. The third kappa shape index (κ3) is 3.66. The molecule has 1 aliphatic heterocycles. The molecule has 1 fully saturated rings. The van der Waals surface area contributed by atoms with Crippen LogP contribution in [-0.4, -0.2) is 43.4 Å². The Balaban J connectivity index is 1.23. The highest BCUT2D eigenvalue weighted by atomic mass is 16.3. The molecule has 2 aliphatic rings. The van der Waals surface area contributed by atoms with E-state index in [-0.39, 0.29) is 18.0 Å². The Morgan fingerprint density at radius 1 is 1.13 bits per heavy atom. The maximum Gasteiger partial charge on any atom is 0.251 e. The fraction of sp³-hybridized carbons (Fsp3) is 0.360. The number of hydrogen-bond acceptors (Lipinski definition) is 4. The van der Waals surface area contributed by atoms with E-state index in [2.05, 4.69) is 27.0 Å². The fourth-order valence-electron chi connectivity index (χ4n) is 5.06. The second-order valence-corrected chi connectivity index (χ2v) is 8.76. The van der Waals surface area contributed by atoms with Gasteiger partial charge < -0.3 is 20.1 Å². The maximum atomic E-state index is 12.4. The zero-order valence-electron chi connectivity index (χ0n) is 17.3. The molecule has 1 amide bonds. The fourth-order valence-corrected chi connectivity index (χ4v) is 5.06. The summed E-state index contributed by atoms with van der Waals surface area (Å²) in [5.74, 6) is -0.0909. The molecular formula is C25H27N3O3. The minimum Gasteiger partial charge on any atom is -0.390 e. The summed E-state index contributed by atoms with van der Waals surface area (Å²) in [4.78, 5) is 16.7. The minimum absolute atomic E-state index is 0.00707. The first-order valence-corrected chi connectivity index (χ1v) is 10.9. The third-order valence-corrected chi connectivity index (χ3v) is 6.89. The molecule has 2 heterocycles. The smallest absolute Gasteiger partial charge is 0.251 e. The van der Waals surface area contributed by atoms with Crippen molar-refractivity contribution in [1.82, 2.24) is 14.9 Å². The van der Waals surface area contributed by atoms with E-state index in [0.29, 0.717) is 37.7 Å². The number of carbonyl (C=O) groups excluding carboxylic acids is 1. The molecule has 31 heavy (non-hydrogen) atoms. The molecule has 0 spiro atoms.